The quantitative estimate of drug-likeness (QED) is 0.733. The van der Waals surface area contributed by atoms with E-state index in [0.29, 0.717) is 6.54 Å². The number of hydrogen-bond donors (Lipinski definition) is 3. The molecule has 2 aliphatic rings. The molecule has 26 heavy (non-hydrogen) atoms. The van der Waals surface area contributed by atoms with Crippen LogP contribution in [0.1, 0.15) is 56.6 Å². The molecule has 1 aliphatic heterocycles. The smallest absolute Gasteiger partial charge is 0.315 e. The first-order valence-corrected chi connectivity index (χ1v) is 10.4. The van der Waals surface area contributed by atoms with Crippen LogP contribution in [0, 0.1) is 5.82 Å². The summed E-state index contributed by atoms with van der Waals surface area (Å²) in [6.45, 7) is 0.294. The second kappa shape index (κ2) is 9.26. The summed E-state index contributed by atoms with van der Waals surface area (Å²) >= 11 is 1.68. The molecule has 1 heterocycles. The van der Waals surface area contributed by atoms with Crippen molar-refractivity contribution in [2.24, 2.45) is 0 Å². The number of halogens is 1. The summed E-state index contributed by atoms with van der Waals surface area (Å²) in [5, 5.41) is 8.69. The van der Waals surface area contributed by atoms with Gasteiger partial charge in [0.05, 0.1) is 6.04 Å². The van der Waals surface area contributed by atoms with Gasteiger partial charge in [-0.2, -0.15) is 0 Å². The van der Waals surface area contributed by atoms with Gasteiger partial charge in [0.1, 0.15) is 5.82 Å². The highest BCUT2D eigenvalue weighted by atomic mass is 32.2. The van der Waals surface area contributed by atoms with E-state index in [0.717, 1.165) is 48.3 Å². The molecule has 1 saturated carbocycles. The van der Waals surface area contributed by atoms with Gasteiger partial charge < -0.3 is 16.0 Å². The van der Waals surface area contributed by atoms with Crippen molar-refractivity contribution in [2.45, 2.75) is 61.9 Å². The summed E-state index contributed by atoms with van der Waals surface area (Å²) in [6.07, 6.45) is 6.62. The van der Waals surface area contributed by atoms with Crippen LogP contribution in [0.3, 0.4) is 0 Å². The van der Waals surface area contributed by atoms with Crippen molar-refractivity contribution in [2.75, 3.05) is 12.3 Å². The highest BCUT2D eigenvalue weighted by Crippen LogP contribution is 2.36. The Labute approximate surface area is 157 Å². The number of amides is 3. The molecule has 1 atom stereocenters. The number of thioether (sulfide) groups is 1. The maximum Gasteiger partial charge on any atom is 0.315 e. The minimum Gasteiger partial charge on any atom is -0.349 e. The van der Waals surface area contributed by atoms with Crippen molar-refractivity contribution in [3.63, 3.8) is 0 Å². The zero-order valence-corrected chi connectivity index (χ0v) is 15.7. The van der Waals surface area contributed by atoms with Gasteiger partial charge in [0.15, 0.2) is 0 Å². The van der Waals surface area contributed by atoms with E-state index < -0.39 is 0 Å². The van der Waals surface area contributed by atoms with E-state index in [4.69, 9.17) is 0 Å². The lowest BCUT2D eigenvalue weighted by Gasteiger charge is -2.26. The molecule has 5 nitrogen and oxygen atoms in total. The number of rotatable bonds is 5. The summed E-state index contributed by atoms with van der Waals surface area (Å²) in [7, 11) is 0. The minimum absolute atomic E-state index is 0.130. The van der Waals surface area contributed by atoms with Crippen molar-refractivity contribution in [1.29, 1.82) is 0 Å². The monoisotopic (exact) mass is 379 g/mol. The third-order valence-corrected chi connectivity index (χ3v) is 6.05. The third-order valence-electron chi connectivity index (χ3n) is 4.92. The van der Waals surface area contributed by atoms with Crippen molar-refractivity contribution in [1.82, 2.24) is 16.0 Å². The fourth-order valence-electron chi connectivity index (χ4n) is 3.55. The van der Waals surface area contributed by atoms with Crippen LogP contribution in [-0.4, -0.2) is 30.3 Å². The zero-order chi connectivity index (χ0) is 18.4. The normalized spacial score (nSPS) is 20.1. The average Bonchev–Trinajstić information content (AvgIpc) is 2.63. The number of benzene rings is 1. The minimum atomic E-state index is -0.286. The predicted octanol–water partition coefficient (Wildman–Crippen LogP) is 3.50. The Morgan fingerprint density at radius 3 is 2.73 bits per heavy atom. The van der Waals surface area contributed by atoms with Crippen LogP contribution in [0.25, 0.3) is 0 Å². The number of urea groups is 1. The van der Waals surface area contributed by atoms with Crippen molar-refractivity contribution in [3.8, 4) is 0 Å². The molecule has 142 valence electrons. The van der Waals surface area contributed by atoms with Crippen molar-refractivity contribution < 1.29 is 14.0 Å². The molecule has 1 aromatic rings. The van der Waals surface area contributed by atoms with Crippen LogP contribution >= 0.6 is 11.8 Å². The van der Waals surface area contributed by atoms with Crippen LogP contribution in [0.2, 0.25) is 0 Å². The average molecular weight is 380 g/mol. The largest absolute Gasteiger partial charge is 0.349 e. The van der Waals surface area contributed by atoms with Gasteiger partial charge in [-0.15, -0.1) is 11.8 Å². The van der Waals surface area contributed by atoms with E-state index in [-0.39, 0.29) is 36.3 Å². The van der Waals surface area contributed by atoms with Gasteiger partial charge >= 0.3 is 6.03 Å². The summed E-state index contributed by atoms with van der Waals surface area (Å²) < 4.78 is 13.5. The molecule has 3 rings (SSSR count). The number of carbonyl (C=O) groups excluding carboxylic acids is 2. The van der Waals surface area contributed by atoms with Gasteiger partial charge in [0.2, 0.25) is 5.91 Å². The van der Waals surface area contributed by atoms with E-state index in [1.165, 1.54) is 18.6 Å². The van der Waals surface area contributed by atoms with Gasteiger partial charge in [0, 0.05) is 29.7 Å². The SMILES string of the molecule is O=C(CCNC(=O)NC1CCCCC1)NC1CCSc2ccc(F)cc21. The Morgan fingerprint density at radius 2 is 1.92 bits per heavy atom. The number of hydrogen-bond acceptors (Lipinski definition) is 3. The van der Waals surface area contributed by atoms with Gasteiger partial charge in [-0.25, -0.2) is 9.18 Å². The molecular formula is C19H26FN3O2S. The molecule has 1 fully saturated rings. The standard InChI is InChI=1S/C19H26FN3O2S/c20-13-6-7-17-15(12-13)16(9-11-26-17)23-18(24)8-10-21-19(25)22-14-4-2-1-3-5-14/h6-7,12,14,16H,1-5,8-11H2,(H,23,24)(H2,21,22,25). The van der Waals surface area contributed by atoms with Gasteiger partial charge in [-0.1, -0.05) is 19.3 Å². The molecule has 0 saturated heterocycles. The molecule has 1 unspecified atom stereocenters. The third kappa shape index (κ3) is 5.37. The van der Waals surface area contributed by atoms with Crippen LogP contribution in [0.15, 0.2) is 23.1 Å². The molecule has 0 spiro atoms. The summed E-state index contributed by atoms with van der Waals surface area (Å²) in [6, 6.07) is 4.61. The van der Waals surface area contributed by atoms with Crippen LogP contribution in [0.4, 0.5) is 9.18 Å². The number of nitrogens with one attached hydrogen (secondary N) is 3. The molecular weight excluding hydrogens is 353 g/mol. The van der Waals surface area contributed by atoms with E-state index in [9.17, 15) is 14.0 Å². The number of carbonyl (C=O) groups is 2. The van der Waals surface area contributed by atoms with Gasteiger partial charge in [-0.3, -0.25) is 4.79 Å². The van der Waals surface area contributed by atoms with Crippen LogP contribution < -0.4 is 16.0 Å². The Kier molecular flexibility index (Phi) is 6.77. The second-order valence-electron chi connectivity index (χ2n) is 6.92. The molecule has 0 radical (unpaired) electrons. The van der Waals surface area contributed by atoms with Crippen molar-refractivity contribution >= 4 is 23.7 Å². The summed E-state index contributed by atoms with van der Waals surface area (Å²) in [4.78, 5) is 25.1. The fourth-order valence-corrected chi connectivity index (χ4v) is 4.66. The van der Waals surface area contributed by atoms with Crippen molar-refractivity contribution in [3.05, 3.63) is 29.6 Å². The van der Waals surface area contributed by atoms with E-state index >= 15 is 0 Å². The molecule has 1 aliphatic carbocycles. The summed E-state index contributed by atoms with van der Waals surface area (Å²) in [5.74, 6) is 0.479. The lowest BCUT2D eigenvalue weighted by atomic mass is 9.96. The Bertz CT molecular complexity index is 650. The molecule has 1 aromatic carbocycles. The maximum absolute atomic E-state index is 13.5. The number of fused-ring (bicyclic) bond motifs is 1. The first kappa shape index (κ1) is 19.0. The second-order valence-corrected chi connectivity index (χ2v) is 8.06. The molecule has 7 heteroatoms. The lowest BCUT2D eigenvalue weighted by Crippen LogP contribution is -2.44. The molecule has 0 aromatic heterocycles. The Morgan fingerprint density at radius 1 is 1.12 bits per heavy atom. The maximum atomic E-state index is 13.5. The van der Waals surface area contributed by atoms with E-state index in [1.807, 2.05) is 0 Å². The Balaban J connectivity index is 1.41. The zero-order valence-electron chi connectivity index (χ0n) is 14.9. The van der Waals surface area contributed by atoms with Crippen LogP contribution in [-0.2, 0) is 4.79 Å². The first-order chi connectivity index (χ1) is 12.6. The highest BCUT2D eigenvalue weighted by Gasteiger charge is 2.23. The van der Waals surface area contributed by atoms with E-state index in [2.05, 4.69) is 16.0 Å². The summed E-state index contributed by atoms with van der Waals surface area (Å²) in [5.41, 5.74) is 0.845. The lowest BCUT2D eigenvalue weighted by molar-refractivity contribution is -0.121. The molecule has 3 N–H and O–H groups in total. The molecule has 3 amide bonds. The highest BCUT2D eigenvalue weighted by molar-refractivity contribution is 7.99. The van der Waals surface area contributed by atoms with Gasteiger partial charge in [0.25, 0.3) is 0 Å². The Hall–Kier alpha value is -1.76. The van der Waals surface area contributed by atoms with Gasteiger partial charge in [-0.05, 0) is 43.0 Å². The first-order valence-electron chi connectivity index (χ1n) is 9.38. The topological polar surface area (TPSA) is 70.2 Å². The predicted molar refractivity (Wildman–Crippen MR) is 101 cm³/mol. The van der Waals surface area contributed by atoms with E-state index in [1.54, 1.807) is 17.8 Å². The fraction of sp³-hybridized carbons (Fsp3) is 0.579. The molecule has 0 bridgehead atoms. The van der Waals surface area contributed by atoms with Crippen LogP contribution in [0.5, 0.6) is 0 Å².